The summed E-state index contributed by atoms with van der Waals surface area (Å²) < 4.78 is 0. The quantitative estimate of drug-likeness (QED) is 0.891. The van der Waals surface area contributed by atoms with Gasteiger partial charge in [-0.15, -0.1) is 0 Å². The van der Waals surface area contributed by atoms with Gasteiger partial charge in [0.25, 0.3) is 5.91 Å². The molecule has 3 rings (SSSR count). The lowest BCUT2D eigenvalue weighted by atomic mass is 9.99. The number of benzene rings is 1. The molecule has 1 saturated heterocycles. The molecule has 1 aromatic carbocycles. The first-order chi connectivity index (χ1) is 10.2. The van der Waals surface area contributed by atoms with Crippen molar-refractivity contribution in [3.63, 3.8) is 0 Å². The largest absolute Gasteiger partial charge is 0.384 e. The highest BCUT2D eigenvalue weighted by molar-refractivity contribution is 5.95. The number of nitrogens with one attached hydrogen (secondary N) is 2. The summed E-state index contributed by atoms with van der Waals surface area (Å²) in [7, 11) is 0. The van der Waals surface area contributed by atoms with Crippen molar-refractivity contribution in [1.29, 1.82) is 0 Å². The second-order valence-electron chi connectivity index (χ2n) is 6.33. The van der Waals surface area contributed by atoms with E-state index in [2.05, 4.69) is 28.5 Å². The second-order valence-corrected chi connectivity index (χ2v) is 6.33. The van der Waals surface area contributed by atoms with Gasteiger partial charge in [0.05, 0.1) is 0 Å². The Morgan fingerprint density at radius 2 is 2.19 bits per heavy atom. The normalized spacial score (nSPS) is 19.1. The number of carbonyl (C=O) groups is 1. The van der Waals surface area contributed by atoms with E-state index in [0.717, 1.165) is 43.2 Å². The van der Waals surface area contributed by atoms with Crippen LogP contribution in [0.25, 0.3) is 0 Å². The Balaban J connectivity index is 1.46. The molecule has 0 aromatic heterocycles. The predicted molar refractivity (Wildman–Crippen MR) is 85.8 cm³/mol. The lowest BCUT2D eigenvalue weighted by Crippen LogP contribution is -2.39. The number of amides is 1. The van der Waals surface area contributed by atoms with Gasteiger partial charge in [-0.3, -0.25) is 4.79 Å². The van der Waals surface area contributed by atoms with Crippen LogP contribution < -0.4 is 10.6 Å². The van der Waals surface area contributed by atoms with E-state index in [4.69, 9.17) is 0 Å². The molecule has 1 aromatic rings. The van der Waals surface area contributed by atoms with E-state index < -0.39 is 0 Å². The van der Waals surface area contributed by atoms with Crippen molar-refractivity contribution in [2.24, 2.45) is 5.92 Å². The molecule has 0 radical (unpaired) electrons. The SMILES string of the molecule is CC1CCN(CCNC(=O)c2ccc3c(c2)NCC3)CC1. The molecule has 0 bridgehead atoms. The van der Waals surface area contributed by atoms with Crippen LogP contribution in [0.15, 0.2) is 18.2 Å². The minimum absolute atomic E-state index is 0.0388. The zero-order chi connectivity index (χ0) is 14.7. The van der Waals surface area contributed by atoms with Gasteiger partial charge in [0.1, 0.15) is 0 Å². The van der Waals surface area contributed by atoms with Crippen molar-refractivity contribution >= 4 is 11.6 Å². The zero-order valence-electron chi connectivity index (χ0n) is 12.8. The van der Waals surface area contributed by atoms with E-state index in [1.165, 1.54) is 31.5 Å². The Bertz CT molecular complexity index is 507. The summed E-state index contributed by atoms with van der Waals surface area (Å²) in [5.41, 5.74) is 3.19. The first-order valence-electron chi connectivity index (χ1n) is 8.10. The summed E-state index contributed by atoms with van der Waals surface area (Å²) in [6, 6.07) is 5.97. The maximum atomic E-state index is 12.2. The summed E-state index contributed by atoms with van der Waals surface area (Å²) >= 11 is 0. The molecule has 0 atom stereocenters. The second kappa shape index (κ2) is 6.48. The number of piperidine rings is 1. The molecule has 4 nitrogen and oxygen atoms in total. The maximum absolute atomic E-state index is 12.2. The van der Waals surface area contributed by atoms with Crippen LogP contribution in [0.1, 0.15) is 35.7 Å². The van der Waals surface area contributed by atoms with E-state index in [9.17, 15) is 4.79 Å². The van der Waals surface area contributed by atoms with Crippen LogP contribution in [-0.2, 0) is 6.42 Å². The van der Waals surface area contributed by atoms with Gasteiger partial charge in [0, 0.05) is 30.9 Å². The smallest absolute Gasteiger partial charge is 0.251 e. The highest BCUT2D eigenvalue weighted by Crippen LogP contribution is 2.23. The number of fused-ring (bicyclic) bond motifs is 1. The molecule has 2 heterocycles. The number of carbonyl (C=O) groups excluding carboxylic acids is 1. The Hall–Kier alpha value is -1.55. The van der Waals surface area contributed by atoms with E-state index in [0.29, 0.717) is 0 Å². The van der Waals surface area contributed by atoms with Gasteiger partial charge in [0.2, 0.25) is 0 Å². The summed E-state index contributed by atoms with van der Waals surface area (Å²) in [5, 5.41) is 6.36. The molecule has 2 N–H and O–H groups in total. The molecule has 0 spiro atoms. The van der Waals surface area contributed by atoms with Gasteiger partial charge in [-0.25, -0.2) is 0 Å². The maximum Gasteiger partial charge on any atom is 0.251 e. The van der Waals surface area contributed by atoms with E-state index in [-0.39, 0.29) is 5.91 Å². The fourth-order valence-corrected chi connectivity index (χ4v) is 3.15. The monoisotopic (exact) mass is 287 g/mol. The van der Waals surface area contributed by atoms with Crippen LogP contribution in [0.3, 0.4) is 0 Å². The number of likely N-dealkylation sites (tertiary alicyclic amines) is 1. The first-order valence-corrected chi connectivity index (χ1v) is 8.10. The highest BCUT2D eigenvalue weighted by atomic mass is 16.1. The van der Waals surface area contributed by atoms with Crippen LogP contribution in [-0.4, -0.2) is 43.5 Å². The van der Waals surface area contributed by atoms with Crippen LogP contribution in [0.5, 0.6) is 0 Å². The molecule has 0 aliphatic carbocycles. The van der Waals surface area contributed by atoms with Crippen LogP contribution in [0.2, 0.25) is 0 Å². The molecular formula is C17H25N3O. The summed E-state index contributed by atoms with van der Waals surface area (Å²) in [6.45, 7) is 7.33. The predicted octanol–water partition coefficient (Wildman–Crippen LogP) is 2.12. The highest BCUT2D eigenvalue weighted by Gasteiger charge is 2.16. The summed E-state index contributed by atoms with van der Waals surface area (Å²) in [5.74, 6) is 0.895. The minimum Gasteiger partial charge on any atom is -0.384 e. The Labute approximate surface area is 126 Å². The molecule has 1 amide bonds. The topological polar surface area (TPSA) is 44.4 Å². The standard InChI is InChI=1S/C17H25N3O/c1-13-5-9-20(10-6-13)11-8-19-17(21)15-3-2-14-4-7-18-16(14)12-15/h2-3,12-13,18H,4-11H2,1H3,(H,19,21). The van der Waals surface area contributed by atoms with Crippen molar-refractivity contribution in [1.82, 2.24) is 10.2 Å². The average Bonchev–Trinajstić information content (AvgIpc) is 2.96. The molecule has 2 aliphatic rings. The Morgan fingerprint density at radius 3 is 3.00 bits per heavy atom. The van der Waals surface area contributed by atoms with Gasteiger partial charge in [-0.2, -0.15) is 0 Å². The Kier molecular flexibility index (Phi) is 4.44. The third-order valence-electron chi connectivity index (χ3n) is 4.67. The lowest BCUT2D eigenvalue weighted by Gasteiger charge is -2.30. The lowest BCUT2D eigenvalue weighted by molar-refractivity contribution is 0.0944. The molecule has 2 aliphatic heterocycles. The van der Waals surface area contributed by atoms with Gasteiger partial charge in [0.15, 0.2) is 0 Å². The molecule has 0 unspecified atom stereocenters. The Morgan fingerprint density at radius 1 is 1.38 bits per heavy atom. The van der Waals surface area contributed by atoms with Gasteiger partial charge < -0.3 is 15.5 Å². The molecule has 0 saturated carbocycles. The van der Waals surface area contributed by atoms with Gasteiger partial charge in [-0.05, 0) is 56.0 Å². The van der Waals surface area contributed by atoms with Gasteiger partial charge in [-0.1, -0.05) is 13.0 Å². The molecule has 4 heteroatoms. The van der Waals surface area contributed by atoms with E-state index in [1.807, 2.05) is 12.1 Å². The number of nitrogens with zero attached hydrogens (tertiary/aromatic N) is 1. The summed E-state index contributed by atoms with van der Waals surface area (Å²) in [4.78, 5) is 14.6. The number of hydrogen-bond donors (Lipinski definition) is 2. The fraction of sp³-hybridized carbons (Fsp3) is 0.588. The van der Waals surface area contributed by atoms with Crippen molar-refractivity contribution in [3.05, 3.63) is 29.3 Å². The third kappa shape index (κ3) is 3.56. The van der Waals surface area contributed by atoms with E-state index in [1.54, 1.807) is 0 Å². The van der Waals surface area contributed by atoms with E-state index >= 15 is 0 Å². The van der Waals surface area contributed by atoms with Crippen molar-refractivity contribution < 1.29 is 4.79 Å². The van der Waals surface area contributed by atoms with Crippen molar-refractivity contribution in [3.8, 4) is 0 Å². The number of hydrogen-bond acceptors (Lipinski definition) is 3. The average molecular weight is 287 g/mol. The van der Waals surface area contributed by atoms with Crippen LogP contribution in [0, 0.1) is 5.92 Å². The minimum atomic E-state index is 0.0388. The third-order valence-corrected chi connectivity index (χ3v) is 4.67. The molecule has 114 valence electrons. The van der Waals surface area contributed by atoms with Crippen molar-refractivity contribution in [2.45, 2.75) is 26.2 Å². The molecule has 21 heavy (non-hydrogen) atoms. The molecule has 1 fully saturated rings. The van der Waals surface area contributed by atoms with Crippen LogP contribution in [0.4, 0.5) is 5.69 Å². The first kappa shape index (κ1) is 14.4. The molecular weight excluding hydrogens is 262 g/mol. The fourth-order valence-electron chi connectivity index (χ4n) is 3.15. The number of rotatable bonds is 4. The summed E-state index contributed by atoms with van der Waals surface area (Å²) in [6.07, 6.45) is 3.62. The number of anilines is 1. The van der Waals surface area contributed by atoms with Gasteiger partial charge >= 0.3 is 0 Å². The zero-order valence-corrected chi connectivity index (χ0v) is 12.8. The van der Waals surface area contributed by atoms with Crippen LogP contribution >= 0.6 is 0 Å². The van der Waals surface area contributed by atoms with Crippen molar-refractivity contribution in [2.75, 3.05) is 38.0 Å².